The van der Waals surface area contributed by atoms with E-state index in [4.69, 9.17) is 17.4 Å². The van der Waals surface area contributed by atoms with Crippen molar-refractivity contribution in [2.45, 2.75) is 10.9 Å². The zero-order valence-corrected chi connectivity index (χ0v) is 11.4. The Morgan fingerprint density at radius 2 is 2.28 bits per heavy atom. The number of aryl methyl sites for hydroxylation is 1. The maximum atomic E-state index is 6.10. The van der Waals surface area contributed by atoms with E-state index in [-0.39, 0.29) is 6.04 Å². The molecule has 0 radical (unpaired) electrons. The number of halogens is 1. The molecule has 0 spiro atoms. The minimum absolute atomic E-state index is 0.0220. The fourth-order valence-electron chi connectivity index (χ4n) is 1.57. The molecular weight excluding hydrogens is 270 g/mol. The van der Waals surface area contributed by atoms with E-state index in [0.29, 0.717) is 0 Å². The highest BCUT2D eigenvalue weighted by Crippen LogP contribution is 2.29. The lowest BCUT2D eigenvalue weighted by molar-refractivity contribution is 0.551. The van der Waals surface area contributed by atoms with Crippen LogP contribution in [0.5, 0.6) is 0 Å². The van der Waals surface area contributed by atoms with Gasteiger partial charge in [0.1, 0.15) is 0 Å². The van der Waals surface area contributed by atoms with Crippen molar-refractivity contribution in [3.8, 4) is 0 Å². The van der Waals surface area contributed by atoms with E-state index in [9.17, 15) is 0 Å². The summed E-state index contributed by atoms with van der Waals surface area (Å²) in [5.41, 5.74) is 3.71. The maximum absolute atomic E-state index is 6.10. The van der Waals surface area contributed by atoms with E-state index >= 15 is 0 Å². The molecule has 0 fully saturated rings. The summed E-state index contributed by atoms with van der Waals surface area (Å²) in [6, 6.07) is 7.72. The Kier molecular flexibility index (Phi) is 4.60. The second-order valence-corrected chi connectivity index (χ2v) is 5.21. The van der Waals surface area contributed by atoms with Crippen LogP contribution >= 0.6 is 23.4 Å². The van der Waals surface area contributed by atoms with Crippen molar-refractivity contribution < 1.29 is 0 Å². The highest BCUT2D eigenvalue weighted by Gasteiger charge is 2.15. The van der Waals surface area contributed by atoms with E-state index < -0.39 is 0 Å². The fourth-order valence-corrected chi connectivity index (χ4v) is 2.86. The average molecular weight is 284 g/mol. The highest BCUT2D eigenvalue weighted by molar-refractivity contribution is 7.99. The minimum atomic E-state index is -0.0220. The van der Waals surface area contributed by atoms with Crippen molar-refractivity contribution in [2.24, 2.45) is 12.9 Å². The van der Waals surface area contributed by atoms with Gasteiger partial charge in [-0.3, -0.25) is 16.0 Å². The molecule has 1 aromatic carbocycles. The standard InChI is InChI=1S/C11H14ClN5S/c1-17-10(6-14-16-17)9(15-13)7-18-11-5-3-2-4-8(11)12/h2-6,9,15H,7,13H2,1H3. The van der Waals surface area contributed by atoms with Gasteiger partial charge >= 0.3 is 0 Å². The molecule has 1 unspecified atom stereocenters. The zero-order chi connectivity index (χ0) is 13.0. The van der Waals surface area contributed by atoms with Crippen LogP contribution < -0.4 is 11.3 Å². The molecule has 0 aliphatic rings. The first-order valence-electron chi connectivity index (χ1n) is 5.40. The van der Waals surface area contributed by atoms with E-state index in [1.54, 1.807) is 22.6 Å². The van der Waals surface area contributed by atoms with Crippen LogP contribution in [0.15, 0.2) is 35.4 Å². The normalized spacial score (nSPS) is 12.6. The van der Waals surface area contributed by atoms with Crippen molar-refractivity contribution in [1.29, 1.82) is 0 Å². The molecule has 1 aromatic heterocycles. The number of aromatic nitrogens is 3. The first kappa shape index (κ1) is 13.4. The molecule has 5 nitrogen and oxygen atoms in total. The van der Waals surface area contributed by atoms with Crippen molar-refractivity contribution in [1.82, 2.24) is 20.4 Å². The third kappa shape index (κ3) is 3.02. The first-order chi connectivity index (χ1) is 8.72. The van der Waals surface area contributed by atoms with Crippen LogP contribution in [0.1, 0.15) is 11.7 Å². The number of hydrogen-bond donors (Lipinski definition) is 2. The summed E-state index contributed by atoms with van der Waals surface area (Å²) in [6.07, 6.45) is 1.71. The number of thioether (sulfide) groups is 1. The number of rotatable bonds is 5. The monoisotopic (exact) mass is 283 g/mol. The number of nitrogens with one attached hydrogen (secondary N) is 1. The quantitative estimate of drug-likeness (QED) is 0.497. The van der Waals surface area contributed by atoms with Gasteiger partial charge in [0.05, 0.1) is 23.0 Å². The first-order valence-corrected chi connectivity index (χ1v) is 6.76. The molecule has 3 N–H and O–H groups in total. The summed E-state index contributed by atoms with van der Waals surface area (Å²) in [6.45, 7) is 0. The second-order valence-electron chi connectivity index (χ2n) is 3.74. The Morgan fingerprint density at radius 1 is 1.50 bits per heavy atom. The zero-order valence-electron chi connectivity index (χ0n) is 9.88. The Morgan fingerprint density at radius 3 is 2.89 bits per heavy atom. The third-order valence-electron chi connectivity index (χ3n) is 2.55. The summed E-state index contributed by atoms with van der Waals surface area (Å²) in [5, 5.41) is 8.49. The minimum Gasteiger partial charge on any atom is -0.271 e. The van der Waals surface area contributed by atoms with Crippen LogP contribution in [0.2, 0.25) is 5.02 Å². The molecule has 96 valence electrons. The predicted molar refractivity (Wildman–Crippen MR) is 73.2 cm³/mol. The van der Waals surface area contributed by atoms with Crippen LogP contribution in [0, 0.1) is 0 Å². The van der Waals surface area contributed by atoms with Crippen LogP contribution in [0.4, 0.5) is 0 Å². The maximum Gasteiger partial charge on any atom is 0.0775 e. The molecule has 0 amide bonds. The Hall–Kier alpha value is -1.08. The van der Waals surface area contributed by atoms with Crippen molar-refractivity contribution in [2.75, 3.05) is 5.75 Å². The number of nitrogens with two attached hydrogens (primary N) is 1. The van der Waals surface area contributed by atoms with Crippen LogP contribution in [-0.2, 0) is 7.05 Å². The van der Waals surface area contributed by atoms with Gasteiger partial charge in [-0.15, -0.1) is 16.9 Å². The van der Waals surface area contributed by atoms with Gasteiger partial charge in [0.25, 0.3) is 0 Å². The molecule has 0 saturated heterocycles. The molecule has 0 aliphatic heterocycles. The lowest BCUT2D eigenvalue weighted by atomic mass is 10.3. The molecule has 2 aromatic rings. The SMILES string of the molecule is Cn1nncc1C(CSc1ccccc1Cl)NN. The van der Waals surface area contributed by atoms with Gasteiger partial charge in [-0.2, -0.15) is 0 Å². The molecule has 0 aliphatic carbocycles. The molecule has 7 heteroatoms. The van der Waals surface area contributed by atoms with Gasteiger partial charge in [0.15, 0.2) is 0 Å². The Labute approximate surface area is 115 Å². The summed E-state index contributed by atoms with van der Waals surface area (Å²) in [4.78, 5) is 1.04. The summed E-state index contributed by atoms with van der Waals surface area (Å²) in [5.74, 6) is 6.32. The molecule has 0 saturated carbocycles. The molecule has 1 atom stereocenters. The molecule has 1 heterocycles. The topological polar surface area (TPSA) is 68.8 Å². The number of benzene rings is 1. The van der Waals surface area contributed by atoms with Crippen molar-refractivity contribution in [3.63, 3.8) is 0 Å². The highest BCUT2D eigenvalue weighted by atomic mass is 35.5. The van der Waals surface area contributed by atoms with Crippen molar-refractivity contribution >= 4 is 23.4 Å². The summed E-state index contributed by atoms with van der Waals surface area (Å²) in [7, 11) is 1.84. The Balaban J connectivity index is 2.05. The van der Waals surface area contributed by atoms with Crippen LogP contribution in [0.3, 0.4) is 0 Å². The second kappa shape index (κ2) is 6.19. The summed E-state index contributed by atoms with van der Waals surface area (Å²) < 4.78 is 1.71. The fraction of sp³-hybridized carbons (Fsp3) is 0.273. The molecule has 18 heavy (non-hydrogen) atoms. The van der Waals surface area contributed by atoms with Crippen molar-refractivity contribution in [3.05, 3.63) is 41.2 Å². The smallest absolute Gasteiger partial charge is 0.0775 e. The molecule has 2 rings (SSSR count). The lowest BCUT2D eigenvalue weighted by Crippen LogP contribution is -2.31. The van der Waals surface area contributed by atoms with Crippen LogP contribution in [0.25, 0.3) is 0 Å². The largest absolute Gasteiger partial charge is 0.271 e. The van der Waals surface area contributed by atoms with E-state index in [0.717, 1.165) is 21.4 Å². The van der Waals surface area contributed by atoms with E-state index in [1.807, 2.05) is 31.3 Å². The van der Waals surface area contributed by atoms with Gasteiger partial charge in [-0.1, -0.05) is 28.9 Å². The molecular formula is C11H14ClN5S. The van der Waals surface area contributed by atoms with Gasteiger partial charge in [0.2, 0.25) is 0 Å². The van der Waals surface area contributed by atoms with Gasteiger partial charge in [-0.25, -0.2) is 0 Å². The van der Waals surface area contributed by atoms with Gasteiger partial charge in [-0.05, 0) is 12.1 Å². The predicted octanol–water partition coefficient (Wildman–Crippen LogP) is 1.77. The average Bonchev–Trinajstić information content (AvgIpc) is 2.79. The number of hydrogen-bond acceptors (Lipinski definition) is 5. The van der Waals surface area contributed by atoms with Gasteiger partial charge in [0, 0.05) is 17.7 Å². The number of hydrazine groups is 1. The van der Waals surface area contributed by atoms with E-state index in [2.05, 4.69) is 15.7 Å². The third-order valence-corrected chi connectivity index (χ3v) is 4.16. The van der Waals surface area contributed by atoms with E-state index in [1.165, 1.54) is 0 Å². The number of nitrogens with zero attached hydrogens (tertiary/aromatic N) is 3. The Bertz CT molecular complexity index is 516. The van der Waals surface area contributed by atoms with Crippen LogP contribution in [-0.4, -0.2) is 20.7 Å². The lowest BCUT2D eigenvalue weighted by Gasteiger charge is -2.15. The van der Waals surface area contributed by atoms with Gasteiger partial charge < -0.3 is 0 Å². The molecule has 0 bridgehead atoms. The summed E-state index contributed by atoms with van der Waals surface area (Å²) >= 11 is 7.75.